The Hall–Kier alpha value is -1.03. The van der Waals surface area contributed by atoms with Crippen LogP contribution < -0.4 is 0 Å². The van der Waals surface area contributed by atoms with E-state index in [0.717, 1.165) is 18.8 Å². The van der Waals surface area contributed by atoms with E-state index in [-0.39, 0.29) is 5.97 Å². The second kappa shape index (κ2) is 4.28. The van der Waals surface area contributed by atoms with Gasteiger partial charge in [-0.1, -0.05) is 0 Å². The van der Waals surface area contributed by atoms with Crippen LogP contribution in [0.1, 0.15) is 13.8 Å². The molecule has 0 aromatic carbocycles. The number of hydrogen-bond donors (Lipinski definition) is 0. The zero-order valence-corrected chi connectivity index (χ0v) is 8.24. The van der Waals surface area contributed by atoms with Crippen LogP contribution in [0, 0.1) is 0 Å². The van der Waals surface area contributed by atoms with E-state index in [9.17, 15) is 4.79 Å². The van der Waals surface area contributed by atoms with Crippen molar-refractivity contribution in [2.24, 2.45) is 0 Å². The molecule has 0 radical (unpaired) electrons. The predicted molar refractivity (Wildman–Crippen MR) is 47.9 cm³/mol. The molecule has 13 heavy (non-hydrogen) atoms. The van der Waals surface area contributed by atoms with Crippen molar-refractivity contribution < 1.29 is 14.3 Å². The third-order valence-electron chi connectivity index (χ3n) is 2.07. The Kier molecular flexibility index (Phi) is 3.31. The molecule has 74 valence electrons. The lowest BCUT2D eigenvalue weighted by atomic mass is 10.3. The molecular weight excluding hydrogens is 170 g/mol. The lowest BCUT2D eigenvalue weighted by Crippen LogP contribution is -2.29. The summed E-state index contributed by atoms with van der Waals surface area (Å²) >= 11 is 0. The summed E-state index contributed by atoms with van der Waals surface area (Å²) in [4.78, 5) is 13.0. The fourth-order valence-corrected chi connectivity index (χ4v) is 1.39. The van der Waals surface area contributed by atoms with Gasteiger partial charge in [-0.15, -0.1) is 0 Å². The minimum Gasteiger partial charge on any atom is -0.426 e. The number of rotatable bonds is 4. The first-order valence-corrected chi connectivity index (χ1v) is 4.42. The molecule has 0 fully saturated rings. The first-order valence-electron chi connectivity index (χ1n) is 4.42. The van der Waals surface area contributed by atoms with Crippen LogP contribution in [-0.4, -0.2) is 37.4 Å². The predicted octanol–water partition coefficient (Wildman–Crippen LogP) is 0.741. The lowest BCUT2D eigenvalue weighted by Gasteiger charge is -2.24. The molecule has 1 aliphatic heterocycles. The van der Waals surface area contributed by atoms with Gasteiger partial charge in [-0.25, -0.2) is 4.79 Å². The smallest absolute Gasteiger partial charge is 0.335 e. The molecule has 4 heteroatoms. The highest BCUT2D eigenvalue weighted by Crippen LogP contribution is 2.19. The molecule has 0 bridgehead atoms. The van der Waals surface area contributed by atoms with Crippen molar-refractivity contribution in [1.82, 2.24) is 4.90 Å². The highest BCUT2D eigenvalue weighted by Gasteiger charge is 2.28. The van der Waals surface area contributed by atoms with E-state index in [1.165, 1.54) is 13.2 Å². The number of nitrogens with zero attached hydrogens (tertiary/aromatic N) is 1. The maximum Gasteiger partial charge on any atom is 0.335 e. The van der Waals surface area contributed by atoms with Crippen LogP contribution in [0.3, 0.4) is 0 Å². The fraction of sp³-hybridized carbons (Fsp3) is 0.667. The maximum absolute atomic E-state index is 11.0. The van der Waals surface area contributed by atoms with E-state index in [0.29, 0.717) is 0 Å². The Balaban J connectivity index is 2.75. The zero-order chi connectivity index (χ0) is 9.84. The average Bonchev–Trinajstić information content (AvgIpc) is 2.49. The Bertz CT molecular complexity index is 221. The summed E-state index contributed by atoms with van der Waals surface area (Å²) in [5.41, 5.74) is 0.817. The molecule has 4 nitrogen and oxygen atoms in total. The summed E-state index contributed by atoms with van der Waals surface area (Å²) in [6, 6.07) is 0. The number of carbonyl (C=O) groups is 1. The highest BCUT2D eigenvalue weighted by atomic mass is 16.7. The summed E-state index contributed by atoms with van der Waals surface area (Å²) in [5.74, 6) is -0.325. The van der Waals surface area contributed by atoms with E-state index < -0.39 is 6.29 Å². The van der Waals surface area contributed by atoms with Crippen molar-refractivity contribution in [3.8, 4) is 0 Å². The van der Waals surface area contributed by atoms with Gasteiger partial charge in [0.1, 0.15) is 0 Å². The molecule has 1 heterocycles. The molecule has 0 aromatic heterocycles. The normalized spacial score (nSPS) is 21.3. The van der Waals surface area contributed by atoms with Crippen molar-refractivity contribution in [2.75, 3.05) is 20.2 Å². The van der Waals surface area contributed by atoms with Gasteiger partial charge >= 0.3 is 5.97 Å². The topological polar surface area (TPSA) is 38.8 Å². The number of esters is 1. The summed E-state index contributed by atoms with van der Waals surface area (Å²) in [7, 11) is 1.53. The van der Waals surface area contributed by atoms with Gasteiger partial charge in [0.05, 0.1) is 5.70 Å². The highest BCUT2D eigenvalue weighted by molar-refractivity contribution is 5.85. The van der Waals surface area contributed by atoms with Crippen molar-refractivity contribution in [1.29, 1.82) is 0 Å². The van der Waals surface area contributed by atoms with Crippen LogP contribution in [0.25, 0.3) is 0 Å². The van der Waals surface area contributed by atoms with Gasteiger partial charge in [0.2, 0.25) is 6.29 Å². The standard InChI is InChI=1S/C9H15NO3/c1-4-10(5-2)7-6-8(11)13-9(7)12-3/h6,9H,4-5H2,1-3H3/t9-/m0/s1. The van der Waals surface area contributed by atoms with E-state index in [1.54, 1.807) is 0 Å². The third kappa shape index (κ3) is 2.01. The quantitative estimate of drug-likeness (QED) is 0.605. The Labute approximate surface area is 78.1 Å². The van der Waals surface area contributed by atoms with E-state index in [1.807, 2.05) is 18.7 Å². The van der Waals surface area contributed by atoms with Gasteiger partial charge in [-0.2, -0.15) is 0 Å². The number of carbonyl (C=O) groups excluding carboxylic acids is 1. The molecule has 1 rings (SSSR count). The zero-order valence-electron chi connectivity index (χ0n) is 8.24. The van der Waals surface area contributed by atoms with Gasteiger partial charge in [0, 0.05) is 26.3 Å². The number of cyclic esters (lactones) is 1. The van der Waals surface area contributed by atoms with Gasteiger partial charge in [-0.05, 0) is 13.8 Å². The second-order valence-corrected chi connectivity index (χ2v) is 2.75. The SMILES string of the molecule is CCN(CC)C1=CC(=O)O[C@@H]1OC. The van der Waals surface area contributed by atoms with Crippen molar-refractivity contribution in [3.05, 3.63) is 11.8 Å². The van der Waals surface area contributed by atoms with Gasteiger partial charge < -0.3 is 14.4 Å². The molecule has 0 saturated carbocycles. The Morgan fingerprint density at radius 1 is 1.54 bits per heavy atom. The molecule has 1 atom stereocenters. The molecule has 0 amide bonds. The largest absolute Gasteiger partial charge is 0.426 e. The number of likely N-dealkylation sites (N-methyl/N-ethyl adjacent to an activating group) is 1. The molecule has 1 aliphatic rings. The minimum absolute atomic E-state index is 0.325. The van der Waals surface area contributed by atoms with Crippen LogP contribution in [-0.2, 0) is 14.3 Å². The van der Waals surface area contributed by atoms with Crippen molar-refractivity contribution in [2.45, 2.75) is 20.1 Å². The van der Waals surface area contributed by atoms with Gasteiger partial charge in [0.15, 0.2) is 0 Å². The van der Waals surface area contributed by atoms with Gasteiger partial charge in [-0.3, -0.25) is 0 Å². The average molecular weight is 185 g/mol. The first-order chi connectivity index (χ1) is 6.22. The van der Waals surface area contributed by atoms with E-state index in [4.69, 9.17) is 9.47 Å². The number of hydrogen-bond acceptors (Lipinski definition) is 4. The maximum atomic E-state index is 11.0. The molecule has 0 N–H and O–H groups in total. The van der Waals surface area contributed by atoms with Crippen LogP contribution >= 0.6 is 0 Å². The molecule has 0 aromatic rings. The second-order valence-electron chi connectivity index (χ2n) is 2.75. The number of methoxy groups -OCH3 is 1. The van der Waals surface area contributed by atoms with Crippen molar-refractivity contribution >= 4 is 5.97 Å². The Morgan fingerprint density at radius 3 is 2.62 bits per heavy atom. The summed E-state index contributed by atoms with van der Waals surface area (Å²) in [6.07, 6.45) is 0.966. The van der Waals surface area contributed by atoms with Gasteiger partial charge in [0.25, 0.3) is 0 Å². The fourth-order valence-electron chi connectivity index (χ4n) is 1.39. The third-order valence-corrected chi connectivity index (χ3v) is 2.07. The molecule has 0 saturated heterocycles. The molecule has 0 unspecified atom stereocenters. The lowest BCUT2D eigenvalue weighted by molar-refractivity contribution is -0.157. The number of ether oxygens (including phenoxy) is 2. The van der Waals surface area contributed by atoms with Crippen LogP contribution in [0.4, 0.5) is 0 Å². The van der Waals surface area contributed by atoms with E-state index >= 15 is 0 Å². The van der Waals surface area contributed by atoms with Crippen LogP contribution in [0.15, 0.2) is 11.8 Å². The molecular formula is C9H15NO3. The first kappa shape index (κ1) is 10.1. The minimum atomic E-state index is -0.521. The van der Waals surface area contributed by atoms with Crippen molar-refractivity contribution in [3.63, 3.8) is 0 Å². The summed E-state index contributed by atoms with van der Waals surface area (Å²) in [5, 5.41) is 0. The van der Waals surface area contributed by atoms with Crippen LogP contribution in [0.5, 0.6) is 0 Å². The van der Waals surface area contributed by atoms with Crippen LogP contribution in [0.2, 0.25) is 0 Å². The van der Waals surface area contributed by atoms with E-state index in [2.05, 4.69) is 0 Å². The summed E-state index contributed by atoms with van der Waals surface area (Å²) in [6.45, 7) is 5.75. The summed E-state index contributed by atoms with van der Waals surface area (Å²) < 4.78 is 9.94. The monoisotopic (exact) mass is 185 g/mol. The molecule has 0 spiro atoms. The molecule has 0 aliphatic carbocycles. The Morgan fingerprint density at radius 2 is 2.15 bits per heavy atom.